The van der Waals surface area contributed by atoms with Crippen LogP contribution in [0.15, 0.2) is 54.6 Å². The summed E-state index contributed by atoms with van der Waals surface area (Å²) < 4.78 is 0. The predicted molar refractivity (Wildman–Crippen MR) is 55.3 cm³/mol. The Hall–Kier alpha value is 0.0900. The van der Waals surface area contributed by atoms with Crippen LogP contribution in [0.5, 0.6) is 0 Å². The Bertz CT molecular complexity index is 246. The van der Waals surface area contributed by atoms with E-state index in [9.17, 15) is 0 Å². The minimum absolute atomic E-state index is 0. The third-order valence-corrected chi connectivity index (χ3v) is 2.53. The summed E-state index contributed by atoms with van der Waals surface area (Å²) in [6, 6.07) is 18.0. The van der Waals surface area contributed by atoms with Crippen LogP contribution in [0.25, 0.3) is 0 Å². The molecular weight excluding hydrogens is 275 g/mol. The van der Waals surface area contributed by atoms with E-state index in [-0.39, 0.29) is 26.2 Å². The Balaban J connectivity index is 0.000000215. The Kier molecular flexibility index (Phi) is 8.74. The van der Waals surface area contributed by atoms with Gasteiger partial charge in [-0.05, 0) is 0 Å². The molecule has 0 bridgehead atoms. The molecule has 3 heteroatoms. The average Bonchev–Trinajstić information content (AvgIpc) is 2.81. The van der Waals surface area contributed by atoms with Crippen molar-refractivity contribution < 1.29 is 26.2 Å². The van der Waals surface area contributed by atoms with Gasteiger partial charge in [0, 0.05) is 0 Å². The van der Waals surface area contributed by atoms with Gasteiger partial charge in [-0.15, -0.1) is 5.19 Å². The number of hydrogen-bond donors (Lipinski definition) is 0. The quantitative estimate of drug-likeness (QED) is 0.428. The van der Waals surface area contributed by atoms with Crippen molar-refractivity contribution in [2.75, 3.05) is 0 Å². The summed E-state index contributed by atoms with van der Waals surface area (Å²) in [7, 11) is 0.427. The molecule has 0 fully saturated rings. The van der Waals surface area contributed by atoms with Crippen LogP contribution in [-0.2, 0) is 26.2 Å². The first kappa shape index (κ1) is 13.1. The second-order valence-corrected chi connectivity index (χ2v) is 3.56. The zero-order valence-corrected chi connectivity index (χ0v) is 11.3. The van der Waals surface area contributed by atoms with Crippen molar-refractivity contribution in [3.63, 3.8) is 0 Å². The van der Waals surface area contributed by atoms with Crippen molar-refractivity contribution in [3.8, 4) is 0 Å². The van der Waals surface area contributed by atoms with Crippen molar-refractivity contribution in [1.29, 1.82) is 0 Å². The van der Waals surface area contributed by atoms with Crippen molar-refractivity contribution in [3.05, 3.63) is 54.6 Å². The molecule has 2 rings (SSSR count). The van der Waals surface area contributed by atoms with Crippen LogP contribution in [0.2, 0.25) is 0 Å². The van der Waals surface area contributed by atoms with Gasteiger partial charge in [0.25, 0.3) is 0 Å². The van der Waals surface area contributed by atoms with Crippen LogP contribution in [-0.4, -0.2) is 8.83 Å². The summed E-state index contributed by atoms with van der Waals surface area (Å²) in [4.78, 5) is 0. The molecule has 2 aromatic rings. The van der Waals surface area contributed by atoms with Crippen molar-refractivity contribution in [2.24, 2.45) is 0 Å². The van der Waals surface area contributed by atoms with Gasteiger partial charge in [-0.1, -0.05) is 0 Å². The van der Waals surface area contributed by atoms with E-state index in [1.54, 1.807) is 0 Å². The summed E-state index contributed by atoms with van der Waals surface area (Å²) >= 11 is 5.50. The van der Waals surface area contributed by atoms with Crippen LogP contribution in [0.4, 0.5) is 0 Å². The minimum Gasteiger partial charge on any atom is -0.214 e. The van der Waals surface area contributed by atoms with E-state index in [0.29, 0.717) is 8.83 Å². The van der Waals surface area contributed by atoms with Crippen molar-refractivity contribution >= 4 is 25.1 Å². The van der Waals surface area contributed by atoms with Crippen LogP contribution in [0.1, 0.15) is 0 Å². The number of halogens is 1. The second kappa shape index (κ2) is 8.68. The molecule has 2 aromatic carbocycles. The van der Waals surface area contributed by atoms with Gasteiger partial charge in [0.05, 0.1) is 0 Å². The molecular formula is C10H9ClSiZr. The molecule has 2 radical (unpaired) electrons. The third-order valence-electron chi connectivity index (χ3n) is 1.33. The maximum absolute atomic E-state index is 5.50. The first-order valence-corrected chi connectivity index (χ1v) is 5.69. The van der Waals surface area contributed by atoms with Crippen LogP contribution in [0, 0.1) is 0 Å². The van der Waals surface area contributed by atoms with Gasteiger partial charge in [0.1, 0.15) is 8.83 Å². The average molecular weight is 284 g/mol. The molecule has 0 spiro atoms. The summed E-state index contributed by atoms with van der Waals surface area (Å²) in [5, 5.41) is 1.22. The predicted octanol–water partition coefficient (Wildman–Crippen LogP) is 2.29. The molecule has 0 N–H and O–H groups in total. The maximum Gasteiger partial charge on any atom is 2.00 e. The van der Waals surface area contributed by atoms with E-state index in [1.807, 2.05) is 54.6 Å². The van der Waals surface area contributed by atoms with Crippen molar-refractivity contribution in [2.45, 2.75) is 0 Å². The molecule has 0 saturated carbocycles. The molecule has 0 unspecified atom stereocenters. The monoisotopic (exact) mass is 282 g/mol. The van der Waals surface area contributed by atoms with Gasteiger partial charge >= 0.3 is 26.2 Å². The fraction of sp³-hybridized carbons (Fsp3) is 0. The Morgan fingerprint density at radius 3 is 1.77 bits per heavy atom. The molecule has 0 aliphatic rings. The van der Waals surface area contributed by atoms with E-state index in [4.69, 9.17) is 11.1 Å². The largest absolute Gasteiger partial charge is 2.00 e. The molecule has 0 aromatic heterocycles. The van der Waals surface area contributed by atoms with E-state index in [1.165, 1.54) is 5.19 Å². The number of rotatable bonds is 1. The Morgan fingerprint density at radius 1 is 1.00 bits per heavy atom. The summed E-state index contributed by atoms with van der Waals surface area (Å²) in [5.74, 6) is 0. The summed E-state index contributed by atoms with van der Waals surface area (Å²) in [5.41, 5.74) is 0. The molecule has 0 aliphatic heterocycles. The standard InChI is InChI=1S/C5H4ClSi.C5H5.Zr/c6-7-5-3-1-2-4-5;1-2-4-5-3-1;/h1-4H;1-5H;/q2*-1;+2. The number of hydrogen-bond acceptors (Lipinski definition) is 0. The summed E-state index contributed by atoms with van der Waals surface area (Å²) in [6.07, 6.45) is 0. The zero-order valence-electron chi connectivity index (χ0n) is 7.07. The van der Waals surface area contributed by atoms with Gasteiger partial charge in [-0.3, -0.25) is 0 Å². The topological polar surface area (TPSA) is 0 Å². The van der Waals surface area contributed by atoms with Gasteiger partial charge < -0.3 is 0 Å². The normalized spacial score (nSPS) is 8.08. The first-order valence-electron chi connectivity index (χ1n) is 3.68. The van der Waals surface area contributed by atoms with E-state index in [0.717, 1.165) is 0 Å². The molecule has 64 valence electrons. The second-order valence-electron chi connectivity index (χ2n) is 2.23. The molecule has 0 amide bonds. The molecule has 0 saturated heterocycles. The Morgan fingerprint density at radius 2 is 1.54 bits per heavy atom. The maximum atomic E-state index is 5.50. The third kappa shape index (κ3) is 6.20. The fourth-order valence-electron chi connectivity index (χ4n) is 0.758. The van der Waals surface area contributed by atoms with Crippen LogP contribution >= 0.6 is 11.1 Å². The van der Waals surface area contributed by atoms with Gasteiger partial charge in [-0.2, -0.15) is 41.4 Å². The molecule has 0 nitrogen and oxygen atoms in total. The molecule has 0 heterocycles. The smallest absolute Gasteiger partial charge is 0.214 e. The first-order chi connectivity index (χ1) is 5.93. The van der Waals surface area contributed by atoms with Gasteiger partial charge in [-0.25, -0.2) is 24.3 Å². The molecule has 0 atom stereocenters. The zero-order chi connectivity index (χ0) is 8.65. The van der Waals surface area contributed by atoms with Gasteiger partial charge in [0.2, 0.25) is 0 Å². The van der Waals surface area contributed by atoms with E-state index < -0.39 is 0 Å². The summed E-state index contributed by atoms with van der Waals surface area (Å²) in [6.45, 7) is 0. The molecule has 13 heavy (non-hydrogen) atoms. The van der Waals surface area contributed by atoms with E-state index >= 15 is 0 Å². The van der Waals surface area contributed by atoms with Crippen LogP contribution in [0.3, 0.4) is 0 Å². The fourth-order valence-corrected chi connectivity index (χ4v) is 1.45. The van der Waals surface area contributed by atoms with E-state index in [2.05, 4.69) is 0 Å². The SMILES string of the molecule is Cl[Si][c-]1cccc1.[Zr+2].c1cc[cH-]c1. The molecule has 0 aliphatic carbocycles. The minimum atomic E-state index is 0. The van der Waals surface area contributed by atoms with Crippen molar-refractivity contribution in [1.82, 2.24) is 0 Å². The Labute approximate surface area is 105 Å². The van der Waals surface area contributed by atoms with Crippen LogP contribution < -0.4 is 5.19 Å². The van der Waals surface area contributed by atoms with Gasteiger partial charge in [0.15, 0.2) is 0 Å².